The monoisotopic (exact) mass is 290 g/mol. The van der Waals surface area contributed by atoms with Crippen LogP contribution in [0.1, 0.15) is 5.56 Å². The molecule has 86 valence electrons. The fraction of sp³-hybridized carbons (Fsp3) is 0.0667. The van der Waals surface area contributed by atoms with Crippen LogP contribution in [0.4, 0.5) is 0 Å². The number of hydrogen-bond donors (Lipinski definition) is 0. The molecule has 0 aliphatic heterocycles. The van der Waals surface area contributed by atoms with Crippen LogP contribution in [0.5, 0.6) is 5.75 Å². The summed E-state index contributed by atoms with van der Waals surface area (Å²) >= 11 is 0.377. The molecule has 1 nitrogen and oxygen atoms in total. The second kappa shape index (κ2) is 6.29. The fourth-order valence-electron chi connectivity index (χ4n) is 1.41. The quantitative estimate of drug-likeness (QED) is 0.786. The first-order valence-corrected chi connectivity index (χ1v) is 7.25. The minimum absolute atomic E-state index is 0.377. The summed E-state index contributed by atoms with van der Waals surface area (Å²) in [7, 11) is 1.69. The molecule has 0 saturated carbocycles. The van der Waals surface area contributed by atoms with Crippen molar-refractivity contribution < 1.29 is 4.74 Å². The molecule has 0 spiro atoms. The molecule has 0 saturated heterocycles. The van der Waals surface area contributed by atoms with Gasteiger partial charge in [0.2, 0.25) is 0 Å². The van der Waals surface area contributed by atoms with Crippen LogP contribution in [0.3, 0.4) is 0 Å². The van der Waals surface area contributed by atoms with E-state index >= 15 is 0 Å². The van der Waals surface area contributed by atoms with E-state index in [-0.39, 0.29) is 0 Å². The summed E-state index contributed by atoms with van der Waals surface area (Å²) in [5, 5.41) is 0. The van der Waals surface area contributed by atoms with Crippen molar-refractivity contribution in [2.45, 2.75) is 0 Å². The number of methoxy groups -OCH3 is 1. The zero-order chi connectivity index (χ0) is 11.9. The summed E-state index contributed by atoms with van der Waals surface area (Å²) in [6, 6.07) is 18.6. The molecular weight excluding hydrogens is 275 g/mol. The molecule has 2 aromatic rings. The molecule has 0 amide bonds. The maximum atomic E-state index is 5.13. The molecular formula is C15H14OSe. The van der Waals surface area contributed by atoms with Gasteiger partial charge in [-0.1, -0.05) is 0 Å². The van der Waals surface area contributed by atoms with Crippen LogP contribution in [-0.4, -0.2) is 22.1 Å². The standard InChI is InChI=1S/C15H14OSe/c1-16-14-7-9-15(10-8-14)17-12-11-13-5-3-2-4-6-13/h2-12H,1H3/b12-11+. The van der Waals surface area contributed by atoms with Gasteiger partial charge in [-0.05, 0) is 0 Å². The Bertz CT molecular complexity index is 474. The summed E-state index contributed by atoms with van der Waals surface area (Å²) in [6.07, 6.45) is 2.17. The molecule has 2 rings (SSSR count). The first-order chi connectivity index (χ1) is 8.38. The SMILES string of the molecule is COc1ccc([Se]/C=C/c2ccccc2)cc1. The third-order valence-corrected chi connectivity index (χ3v) is 4.04. The second-order valence-electron chi connectivity index (χ2n) is 3.51. The predicted molar refractivity (Wildman–Crippen MR) is 73.9 cm³/mol. The van der Waals surface area contributed by atoms with E-state index in [1.165, 1.54) is 10.0 Å². The van der Waals surface area contributed by atoms with Crippen molar-refractivity contribution in [3.05, 3.63) is 65.1 Å². The van der Waals surface area contributed by atoms with Gasteiger partial charge in [0.1, 0.15) is 0 Å². The van der Waals surface area contributed by atoms with E-state index in [0.29, 0.717) is 15.0 Å². The van der Waals surface area contributed by atoms with Crippen molar-refractivity contribution in [1.29, 1.82) is 0 Å². The molecule has 2 aromatic carbocycles. The zero-order valence-electron chi connectivity index (χ0n) is 9.67. The van der Waals surface area contributed by atoms with E-state index < -0.39 is 0 Å². The molecule has 0 aromatic heterocycles. The molecule has 0 N–H and O–H groups in total. The van der Waals surface area contributed by atoms with Crippen LogP contribution in [0.25, 0.3) is 6.08 Å². The van der Waals surface area contributed by atoms with E-state index in [0.717, 1.165) is 5.75 Å². The van der Waals surface area contributed by atoms with Crippen LogP contribution in [-0.2, 0) is 0 Å². The Balaban J connectivity index is 1.95. The van der Waals surface area contributed by atoms with Crippen molar-refractivity contribution in [2.75, 3.05) is 7.11 Å². The van der Waals surface area contributed by atoms with Crippen molar-refractivity contribution in [3.8, 4) is 5.75 Å². The van der Waals surface area contributed by atoms with Gasteiger partial charge in [0.05, 0.1) is 0 Å². The predicted octanol–water partition coefficient (Wildman–Crippen LogP) is 2.70. The maximum absolute atomic E-state index is 5.13. The summed E-state index contributed by atoms with van der Waals surface area (Å²) < 4.78 is 6.48. The van der Waals surface area contributed by atoms with Gasteiger partial charge < -0.3 is 0 Å². The molecule has 0 atom stereocenters. The normalized spacial score (nSPS) is 10.6. The van der Waals surface area contributed by atoms with Gasteiger partial charge >= 0.3 is 108 Å². The summed E-state index contributed by atoms with van der Waals surface area (Å²) in [5.41, 5.74) is 1.25. The van der Waals surface area contributed by atoms with Crippen molar-refractivity contribution >= 4 is 25.5 Å². The van der Waals surface area contributed by atoms with Gasteiger partial charge in [0.25, 0.3) is 0 Å². The number of benzene rings is 2. The molecule has 2 heteroatoms. The minimum atomic E-state index is 0.377. The number of hydrogen-bond acceptors (Lipinski definition) is 1. The Morgan fingerprint density at radius 1 is 0.941 bits per heavy atom. The summed E-state index contributed by atoms with van der Waals surface area (Å²) in [6.45, 7) is 0. The van der Waals surface area contributed by atoms with Gasteiger partial charge in [-0.3, -0.25) is 0 Å². The first kappa shape index (κ1) is 12.0. The molecule has 0 aliphatic carbocycles. The van der Waals surface area contributed by atoms with Crippen LogP contribution in [0.2, 0.25) is 0 Å². The van der Waals surface area contributed by atoms with E-state index in [2.05, 4.69) is 47.4 Å². The van der Waals surface area contributed by atoms with Gasteiger partial charge in [-0.2, -0.15) is 0 Å². The zero-order valence-corrected chi connectivity index (χ0v) is 11.4. The summed E-state index contributed by atoms with van der Waals surface area (Å²) in [4.78, 5) is 2.24. The third kappa shape index (κ3) is 3.77. The Labute approximate surface area is 108 Å². The van der Waals surface area contributed by atoms with Gasteiger partial charge in [0.15, 0.2) is 0 Å². The van der Waals surface area contributed by atoms with Gasteiger partial charge in [-0.25, -0.2) is 0 Å². The molecule has 0 unspecified atom stereocenters. The number of ether oxygens (including phenoxy) is 1. The molecule has 0 heterocycles. The van der Waals surface area contributed by atoms with E-state index in [1.54, 1.807) is 7.11 Å². The van der Waals surface area contributed by atoms with Crippen molar-refractivity contribution in [2.24, 2.45) is 0 Å². The first-order valence-electron chi connectivity index (χ1n) is 5.41. The van der Waals surface area contributed by atoms with Crippen molar-refractivity contribution in [3.63, 3.8) is 0 Å². The number of rotatable bonds is 4. The van der Waals surface area contributed by atoms with Crippen LogP contribution < -0.4 is 9.20 Å². The average Bonchev–Trinajstić information content (AvgIpc) is 2.41. The Morgan fingerprint density at radius 3 is 2.29 bits per heavy atom. The second-order valence-corrected chi connectivity index (χ2v) is 5.56. The molecule has 17 heavy (non-hydrogen) atoms. The Morgan fingerprint density at radius 2 is 1.65 bits per heavy atom. The van der Waals surface area contributed by atoms with Gasteiger partial charge in [0, 0.05) is 0 Å². The average molecular weight is 289 g/mol. The van der Waals surface area contributed by atoms with Crippen LogP contribution in [0, 0.1) is 0 Å². The topological polar surface area (TPSA) is 9.23 Å². The van der Waals surface area contributed by atoms with Crippen LogP contribution in [0.15, 0.2) is 59.6 Å². The Hall–Kier alpha value is -1.50. The van der Waals surface area contributed by atoms with Crippen LogP contribution >= 0.6 is 0 Å². The van der Waals surface area contributed by atoms with E-state index in [4.69, 9.17) is 4.74 Å². The van der Waals surface area contributed by atoms with E-state index in [9.17, 15) is 0 Å². The molecule has 0 fully saturated rings. The molecule has 0 aliphatic rings. The Kier molecular flexibility index (Phi) is 4.43. The van der Waals surface area contributed by atoms with Gasteiger partial charge in [-0.15, -0.1) is 0 Å². The third-order valence-electron chi connectivity index (χ3n) is 2.32. The fourth-order valence-corrected chi connectivity index (χ4v) is 2.83. The molecule has 0 bridgehead atoms. The summed E-state index contributed by atoms with van der Waals surface area (Å²) in [5.74, 6) is 0.914. The van der Waals surface area contributed by atoms with E-state index in [1.807, 2.05) is 18.2 Å². The molecule has 0 radical (unpaired) electrons. The van der Waals surface area contributed by atoms with Crippen molar-refractivity contribution in [1.82, 2.24) is 0 Å².